The molecule has 2 aromatic rings. The second-order valence-corrected chi connectivity index (χ2v) is 12.0. The van der Waals surface area contributed by atoms with Crippen molar-refractivity contribution in [2.24, 2.45) is 5.92 Å². The average molecular weight is 639 g/mol. The van der Waals surface area contributed by atoms with Crippen molar-refractivity contribution in [2.45, 2.75) is 85.4 Å². The average Bonchev–Trinajstić information content (AvgIpc) is 3.54. The molecule has 0 radical (unpaired) electrons. The summed E-state index contributed by atoms with van der Waals surface area (Å²) in [4.78, 5) is 30.0. The number of urea groups is 1. The molecule has 2 amide bonds. The number of rotatable bonds is 9. The molecule has 0 spiro atoms. The number of carbonyl (C=O) groups is 2. The van der Waals surface area contributed by atoms with Crippen molar-refractivity contribution in [1.29, 1.82) is 0 Å². The Bertz CT molecular complexity index is 1180. The summed E-state index contributed by atoms with van der Waals surface area (Å²) in [5.74, 6) is -0.294. The highest BCUT2D eigenvalue weighted by molar-refractivity contribution is 5.74. The van der Waals surface area contributed by atoms with Crippen LogP contribution in [0.2, 0.25) is 0 Å². The number of aryl methyl sites for hydroxylation is 1. The van der Waals surface area contributed by atoms with Gasteiger partial charge in [0.25, 0.3) is 0 Å². The molecule has 0 aliphatic carbocycles. The molecule has 2 unspecified atom stereocenters. The Morgan fingerprint density at radius 2 is 1.65 bits per heavy atom. The van der Waals surface area contributed by atoms with Crippen molar-refractivity contribution in [3.63, 3.8) is 0 Å². The Morgan fingerprint density at radius 3 is 2.15 bits per heavy atom. The number of amides is 2. The van der Waals surface area contributed by atoms with Crippen LogP contribution in [0.5, 0.6) is 0 Å². The number of nitrogens with zero attached hydrogens (tertiary/aromatic N) is 3. The number of likely N-dealkylation sites (tertiary alicyclic amines) is 2. The predicted molar refractivity (Wildman–Crippen MR) is 190 cm³/mol. The quantitative estimate of drug-likeness (QED) is 0.275. The van der Waals surface area contributed by atoms with Gasteiger partial charge >= 0.3 is 12.0 Å². The minimum atomic E-state index is -0.696. The van der Waals surface area contributed by atoms with E-state index in [2.05, 4.69) is 59.6 Å². The number of halogens is 1. The summed E-state index contributed by atoms with van der Waals surface area (Å²) in [6.45, 7) is 23.3. The topological polar surface area (TPSA) is 76.1 Å². The summed E-state index contributed by atoms with van der Waals surface area (Å²) in [7, 11) is 2.11. The lowest BCUT2D eigenvalue weighted by Gasteiger charge is -2.36. The first-order chi connectivity index (χ1) is 22.0. The van der Waals surface area contributed by atoms with E-state index >= 15 is 0 Å². The molecule has 2 atom stereocenters. The Hall–Kier alpha value is -3.49. The molecule has 2 fully saturated rings. The molecule has 0 saturated carbocycles. The van der Waals surface area contributed by atoms with Crippen LogP contribution in [0.15, 0.2) is 73.8 Å². The summed E-state index contributed by atoms with van der Waals surface area (Å²) >= 11 is 0. The molecule has 7 nitrogen and oxygen atoms in total. The fourth-order valence-electron chi connectivity index (χ4n) is 5.80. The molecule has 46 heavy (non-hydrogen) atoms. The first-order valence-corrected chi connectivity index (χ1v) is 16.8. The molecule has 0 bridgehead atoms. The van der Waals surface area contributed by atoms with Gasteiger partial charge in [0.15, 0.2) is 0 Å². The summed E-state index contributed by atoms with van der Waals surface area (Å²) in [6, 6.07) is 15.4. The summed E-state index contributed by atoms with van der Waals surface area (Å²) < 4.78 is 13.5. The van der Waals surface area contributed by atoms with E-state index in [9.17, 15) is 19.1 Å². The van der Waals surface area contributed by atoms with Gasteiger partial charge in [-0.05, 0) is 94.4 Å². The minimum absolute atomic E-state index is 0.0574. The Balaban J connectivity index is 0.000000398. The minimum Gasteiger partial charge on any atom is -0.480 e. The summed E-state index contributed by atoms with van der Waals surface area (Å²) in [6.07, 6.45) is 6.36. The second kappa shape index (κ2) is 22.1. The van der Waals surface area contributed by atoms with Gasteiger partial charge in [-0.1, -0.05) is 95.5 Å². The lowest BCUT2D eigenvalue weighted by molar-refractivity contribution is -0.144. The van der Waals surface area contributed by atoms with Crippen molar-refractivity contribution in [1.82, 2.24) is 20.0 Å². The number of carbonyl (C=O) groups excluding carboxylic acids is 1. The fraction of sp³-hybridized carbons (Fsp3) is 0.526. The summed E-state index contributed by atoms with van der Waals surface area (Å²) in [5, 5.41) is 12.2. The third-order valence-corrected chi connectivity index (χ3v) is 8.35. The fourth-order valence-corrected chi connectivity index (χ4v) is 5.80. The molecule has 4 rings (SSSR count). The van der Waals surface area contributed by atoms with Gasteiger partial charge < -0.3 is 20.2 Å². The Kier molecular flexibility index (Phi) is 19.5. The molecule has 2 aromatic carbocycles. The zero-order valence-corrected chi connectivity index (χ0v) is 29.3. The highest BCUT2D eigenvalue weighted by Crippen LogP contribution is 2.29. The van der Waals surface area contributed by atoms with Crippen LogP contribution in [-0.2, 0) is 11.3 Å². The maximum atomic E-state index is 13.5. The SMILES string of the molecule is C=CC=C.CC.CC(C)C(C(=O)O)N1CCC(c2ccccc2)C1.CCN(C(=O)NCc1ccc(C)c(F)c1)C1CCN(C)CC1. The van der Waals surface area contributed by atoms with E-state index in [0.717, 1.165) is 51.0 Å². The lowest BCUT2D eigenvalue weighted by atomic mass is 9.98. The number of allylic oxidation sites excluding steroid dienone is 2. The van der Waals surface area contributed by atoms with E-state index in [0.29, 0.717) is 30.6 Å². The van der Waals surface area contributed by atoms with Gasteiger partial charge in [0, 0.05) is 25.7 Å². The smallest absolute Gasteiger partial charge is 0.321 e. The van der Waals surface area contributed by atoms with Gasteiger partial charge in [0.05, 0.1) is 0 Å². The van der Waals surface area contributed by atoms with Crippen LogP contribution < -0.4 is 5.32 Å². The van der Waals surface area contributed by atoms with E-state index in [-0.39, 0.29) is 23.8 Å². The van der Waals surface area contributed by atoms with Gasteiger partial charge in [-0.15, -0.1) is 0 Å². The Morgan fingerprint density at radius 1 is 1.04 bits per heavy atom. The van der Waals surface area contributed by atoms with E-state index in [1.54, 1.807) is 25.1 Å². The molecule has 2 N–H and O–H groups in total. The van der Waals surface area contributed by atoms with Crippen molar-refractivity contribution in [3.05, 3.63) is 96.3 Å². The van der Waals surface area contributed by atoms with Crippen molar-refractivity contribution in [3.8, 4) is 0 Å². The number of aliphatic carboxylic acids is 1. The lowest BCUT2D eigenvalue weighted by Crippen LogP contribution is -2.49. The van der Waals surface area contributed by atoms with Gasteiger partial charge in [0.1, 0.15) is 11.9 Å². The molecule has 0 aromatic heterocycles. The standard InChI is InChI=1S/C17H26FN3O.C15H21NO2.C4H6.C2H6/c1-4-21(15-7-9-20(3)10-8-15)17(22)19-12-14-6-5-13(2)16(18)11-14;1-11(2)14(15(17)18)16-9-8-13(10-16)12-6-4-3-5-7-12;1-3-4-2;1-2/h5-6,11,15H,4,7-10,12H2,1-3H3,(H,19,22);3-7,11,13-14H,8-10H2,1-2H3,(H,17,18);3-4H,1-2H2;1-2H3. The van der Waals surface area contributed by atoms with Crippen LogP contribution in [-0.4, -0.2) is 83.7 Å². The molecular formula is C38H59FN4O3. The first-order valence-electron chi connectivity index (χ1n) is 16.8. The molecule has 2 saturated heterocycles. The second-order valence-electron chi connectivity index (χ2n) is 12.0. The third-order valence-electron chi connectivity index (χ3n) is 8.35. The number of carboxylic acids is 1. The highest BCUT2D eigenvalue weighted by atomic mass is 19.1. The molecule has 2 heterocycles. The van der Waals surface area contributed by atoms with E-state index in [1.807, 2.05) is 51.7 Å². The molecule has 8 heteroatoms. The molecule has 2 aliphatic heterocycles. The zero-order chi connectivity index (χ0) is 34.6. The maximum absolute atomic E-state index is 13.5. The van der Waals surface area contributed by atoms with E-state index in [4.69, 9.17) is 0 Å². The number of benzene rings is 2. The van der Waals surface area contributed by atoms with Gasteiger partial charge in [-0.3, -0.25) is 9.69 Å². The van der Waals surface area contributed by atoms with Crippen LogP contribution >= 0.6 is 0 Å². The monoisotopic (exact) mass is 638 g/mol. The number of nitrogens with one attached hydrogen (secondary N) is 1. The van der Waals surface area contributed by atoms with Crippen molar-refractivity contribution >= 4 is 12.0 Å². The normalized spacial score (nSPS) is 17.2. The van der Waals surface area contributed by atoms with E-state index < -0.39 is 5.97 Å². The third kappa shape index (κ3) is 13.5. The van der Waals surface area contributed by atoms with Gasteiger partial charge in [0.2, 0.25) is 0 Å². The van der Waals surface area contributed by atoms with Crippen LogP contribution in [0.4, 0.5) is 9.18 Å². The summed E-state index contributed by atoms with van der Waals surface area (Å²) in [5.41, 5.74) is 2.74. The van der Waals surface area contributed by atoms with Gasteiger partial charge in [-0.2, -0.15) is 0 Å². The van der Waals surface area contributed by atoms with Crippen molar-refractivity contribution < 1.29 is 19.1 Å². The van der Waals surface area contributed by atoms with Crippen LogP contribution in [0.25, 0.3) is 0 Å². The van der Waals surface area contributed by atoms with Crippen LogP contribution in [0.1, 0.15) is 76.5 Å². The largest absolute Gasteiger partial charge is 0.480 e. The molecular weight excluding hydrogens is 579 g/mol. The number of carboxylic acid groups (broad SMARTS) is 1. The number of piperidine rings is 1. The van der Waals surface area contributed by atoms with Gasteiger partial charge in [-0.25, -0.2) is 9.18 Å². The first kappa shape index (κ1) is 40.5. The maximum Gasteiger partial charge on any atom is 0.321 e. The molecule has 256 valence electrons. The predicted octanol–water partition coefficient (Wildman–Crippen LogP) is 7.73. The number of hydrogen-bond donors (Lipinski definition) is 2. The highest BCUT2D eigenvalue weighted by Gasteiger charge is 2.34. The van der Waals surface area contributed by atoms with E-state index in [1.165, 1.54) is 11.6 Å². The van der Waals surface area contributed by atoms with Crippen LogP contribution in [0, 0.1) is 18.7 Å². The molecule has 2 aliphatic rings. The number of hydrogen-bond acceptors (Lipinski definition) is 4. The Labute approximate surface area is 278 Å². The zero-order valence-electron chi connectivity index (χ0n) is 29.3. The van der Waals surface area contributed by atoms with Crippen molar-refractivity contribution in [2.75, 3.05) is 39.8 Å². The van der Waals surface area contributed by atoms with Crippen LogP contribution in [0.3, 0.4) is 0 Å².